The monoisotopic (exact) mass is 630 g/mol. The van der Waals surface area contributed by atoms with Gasteiger partial charge in [-0.2, -0.15) is 0 Å². The molecule has 5 nitrogen and oxygen atoms in total. The van der Waals surface area contributed by atoms with Crippen LogP contribution >= 0.6 is 0 Å². The van der Waals surface area contributed by atoms with Gasteiger partial charge in [-0.05, 0) is 0 Å². The molecule has 0 bridgehead atoms. The van der Waals surface area contributed by atoms with Crippen molar-refractivity contribution in [2.24, 2.45) is 0 Å². The van der Waals surface area contributed by atoms with E-state index in [1.165, 1.54) is 4.46 Å². The molecule has 0 N–H and O–H groups in total. The number of hydrogen-bond donors (Lipinski definition) is 0. The van der Waals surface area contributed by atoms with Crippen molar-refractivity contribution in [3.05, 3.63) is 151 Å². The van der Waals surface area contributed by atoms with Crippen molar-refractivity contribution >= 4 is 19.4 Å². The molecule has 1 aliphatic rings. The van der Waals surface area contributed by atoms with Gasteiger partial charge in [0, 0.05) is 0 Å². The molecule has 0 spiro atoms. The third kappa shape index (κ3) is 8.97. The minimum atomic E-state index is -0.415. The summed E-state index contributed by atoms with van der Waals surface area (Å²) in [4.78, 5) is 0. The van der Waals surface area contributed by atoms with Gasteiger partial charge in [0.25, 0.3) is 0 Å². The van der Waals surface area contributed by atoms with Crippen molar-refractivity contribution in [2.45, 2.75) is 49.2 Å². The predicted molar refractivity (Wildman–Crippen MR) is 167 cm³/mol. The van der Waals surface area contributed by atoms with Gasteiger partial charge in [0.1, 0.15) is 0 Å². The fourth-order valence-electron chi connectivity index (χ4n) is 4.89. The second kappa shape index (κ2) is 16.5. The van der Waals surface area contributed by atoms with Crippen molar-refractivity contribution in [2.75, 3.05) is 13.2 Å². The first-order chi connectivity index (χ1) is 20.8. The van der Waals surface area contributed by atoms with Crippen molar-refractivity contribution in [3.63, 3.8) is 0 Å². The van der Waals surface area contributed by atoms with Crippen molar-refractivity contribution in [3.8, 4) is 0 Å². The van der Waals surface area contributed by atoms with Gasteiger partial charge in [-0.3, -0.25) is 0 Å². The van der Waals surface area contributed by atoms with Gasteiger partial charge < -0.3 is 0 Å². The van der Waals surface area contributed by atoms with E-state index in [0.29, 0.717) is 33.0 Å². The van der Waals surface area contributed by atoms with E-state index in [-0.39, 0.29) is 38.3 Å². The molecule has 0 aliphatic carbocycles. The Kier molecular flexibility index (Phi) is 12.0. The van der Waals surface area contributed by atoms with Crippen molar-refractivity contribution in [1.29, 1.82) is 0 Å². The second-order valence-corrected chi connectivity index (χ2v) is 12.5. The zero-order valence-corrected chi connectivity index (χ0v) is 25.4. The van der Waals surface area contributed by atoms with E-state index >= 15 is 0 Å². The molecule has 0 amide bonds. The summed E-state index contributed by atoms with van der Waals surface area (Å²) in [7, 11) is 0. The second-order valence-electron chi connectivity index (χ2n) is 10.1. The Labute approximate surface area is 255 Å². The molecule has 5 atom stereocenters. The first kappa shape index (κ1) is 30.4. The predicted octanol–water partition coefficient (Wildman–Crippen LogP) is 5.70. The molecule has 1 fully saturated rings. The Hall–Kier alpha value is -3.06. The van der Waals surface area contributed by atoms with Crippen LogP contribution in [-0.2, 0) is 43.5 Å². The molecule has 1 aliphatic heterocycles. The number of rotatable bonds is 15. The molecule has 0 aromatic heterocycles. The summed E-state index contributed by atoms with van der Waals surface area (Å²) in [6, 6.07) is 41.0. The van der Waals surface area contributed by atoms with E-state index in [9.17, 15) is 0 Å². The van der Waals surface area contributed by atoms with E-state index in [2.05, 4.69) is 67.2 Å². The molecule has 5 rings (SSSR count). The standard InChI is InChI=1S/C36H38O5Se/c1-2-23-38-35-34(40-26-30-19-11-5-12-20-30)33(39-25-29-17-9-4-10-18-29)32(27-37-24-28-15-7-3-8-16-28)41-36(35)42-31-21-13-6-14-22-31/h2-22,32-36H,1,23-27H2/t32-,33-,34+,35-,36+/m1/s1. The van der Waals surface area contributed by atoms with Crippen LogP contribution < -0.4 is 4.46 Å². The molecular formula is C36H38O5Se. The fourth-order valence-corrected chi connectivity index (χ4v) is 7.30. The molecule has 4 aromatic carbocycles. The van der Waals surface area contributed by atoms with Crippen LogP contribution in [0.25, 0.3) is 0 Å². The molecule has 1 heterocycles. The summed E-state index contributed by atoms with van der Waals surface area (Å²) in [5.41, 5.74) is 3.29. The van der Waals surface area contributed by atoms with Gasteiger partial charge in [-0.1, -0.05) is 0 Å². The van der Waals surface area contributed by atoms with Crippen LogP contribution in [0.15, 0.2) is 134 Å². The van der Waals surface area contributed by atoms with Crippen molar-refractivity contribution in [1.82, 2.24) is 0 Å². The Bertz CT molecular complexity index is 1310. The van der Waals surface area contributed by atoms with Gasteiger partial charge in [0.2, 0.25) is 0 Å². The average Bonchev–Trinajstić information content (AvgIpc) is 3.04. The summed E-state index contributed by atoms with van der Waals surface area (Å²) >= 11 is -0.0382. The van der Waals surface area contributed by atoms with E-state index < -0.39 is 6.10 Å². The Morgan fingerprint density at radius 2 is 1.10 bits per heavy atom. The summed E-state index contributed by atoms with van der Waals surface area (Å²) < 4.78 is 34.2. The van der Waals surface area contributed by atoms with Gasteiger partial charge in [-0.25, -0.2) is 0 Å². The van der Waals surface area contributed by atoms with Crippen LogP contribution in [0.5, 0.6) is 0 Å². The zero-order chi connectivity index (χ0) is 28.8. The molecular weight excluding hydrogens is 591 g/mol. The first-order valence-electron chi connectivity index (χ1n) is 14.3. The van der Waals surface area contributed by atoms with Crippen LogP contribution in [0, 0.1) is 0 Å². The molecule has 6 heteroatoms. The van der Waals surface area contributed by atoms with E-state index in [0.717, 1.165) is 16.7 Å². The van der Waals surface area contributed by atoms with Gasteiger partial charge >= 0.3 is 256 Å². The fraction of sp³-hybridized carbons (Fsp3) is 0.278. The Morgan fingerprint density at radius 1 is 0.595 bits per heavy atom. The third-order valence-electron chi connectivity index (χ3n) is 6.96. The molecule has 42 heavy (non-hydrogen) atoms. The van der Waals surface area contributed by atoms with Gasteiger partial charge in [-0.15, -0.1) is 0 Å². The number of benzene rings is 4. The average molecular weight is 630 g/mol. The summed E-state index contributed by atoms with van der Waals surface area (Å²) in [6.45, 7) is 6.02. The van der Waals surface area contributed by atoms with Crippen molar-refractivity contribution < 1.29 is 23.7 Å². The van der Waals surface area contributed by atoms with E-state index in [1.807, 2.05) is 60.7 Å². The number of ether oxygens (including phenoxy) is 5. The normalized spacial score (nSPS) is 22.0. The summed E-state index contributed by atoms with van der Waals surface area (Å²) in [5.74, 6) is 0. The molecule has 0 radical (unpaired) electrons. The zero-order valence-electron chi connectivity index (χ0n) is 23.7. The molecule has 4 aromatic rings. The number of hydrogen-bond acceptors (Lipinski definition) is 5. The van der Waals surface area contributed by atoms with Crippen LogP contribution in [0.3, 0.4) is 0 Å². The topological polar surface area (TPSA) is 46.2 Å². The van der Waals surface area contributed by atoms with Gasteiger partial charge in [0.05, 0.1) is 0 Å². The molecule has 0 saturated carbocycles. The van der Waals surface area contributed by atoms with Gasteiger partial charge in [0.15, 0.2) is 0 Å². The quantitative estimate of drug-likeness (QED) is 0.125. The van der Waals surface area contributed by atoms with Crippen LogP contribution in [0.4, 0.5) is 0 Å². The van der Waals surface area contributed by atoms with E-state index in [1.54, 1.807) is 6.08 Å². The minimum absolute atomic E-state index is 0.0382. The van der Waals surface area contributed by atoms with Crippen LogP contribution in [0.1, 0.15) is 16.7 Å². The maximum atomic E-state index is 6.86. The van der Waals surface area contributed by atoms with Crippen LogP contribution in [0.2, 0.25) is 0 Å². The summed E-state index contributed by atoms with van der Waals surface area (Å²) in [5, 5.41) is -0.206. The Morgan fingerprint density at radius 3 is 1.64 bits per heavy atom. The van der Waals surface area contributed by atoms with E-state index in [4.69, 9.17) is 23.7 Å². The van der Waals surface area contributed by atoms with Crippen LogP contribution in [-0.4, -0.2) is 57.6 Å². The molecule has 1 saturated heterocycles. The maximum absolute atomic E-state index is 6.86. The summed E-state index contributed by atoms with van der Waals surface area (Å²) in [6.07, 6.45) is 0.275. The SMILES string of the molecule is C=CCO[C@@H]1[C@@H](OCc2ccccc2)[C@H](OCc2ccccc2)[C@@H](COCc2ccccc2)O[C@H]1[Se]c1ccccc1. The molecule has 218 valence electrons. The first-order valence-corrected chi connectivity index (χ1v) is 16.2. The Balaban J connectivity index is 1.43. The molecule has 0 unspecified atom stereocenters. The third-order valence-corrected chi connectivity index (χ3v) is 9.38.